The van der Waals surface area contributed by atoms with Crippen molar-refractivity contribution in [2.45, 2.75) is 91.0 Å². The molecule has 40 heavy (non-hydrogen) atoms. The lowest BCUT2D eigenvalue weighted by molar-refractivity contribution is -0.149. The maximum atomic E-state index is 14.4. The summed E-state index contributed by atoms with van der Waals surface area (Å²) in [6.45, 7) is 16.8. The molecule has 0 bridgehead atoms. The molecule has 2 atom stereocenters. The highest BCUT2D eigenvalue weighted by Gasteiger charge is 2.43. The Morgan fingerprint density at radius 3 is 2.35 bits per heavy atom. The fourth-order valence-electron chi connectivity index (χ4n) is 3.95. The first-order chi connectivity index (χ1) is 18.7. The number of nitrogens with one attached hydrogen (secondary N) is 2. The number of hydrogen-bond acceptors (Lipinski definition) is 7. The fourth-order valence-corrected chi connectivity index (χ4v) is 4.42. The number of ether oxygens (including phenoxy) is 2. The van der Waals surface area contributed by atoms with Crippen LogP contribution in [0.2, 0.25) is 0 Å². The van der Waals surface area contributed by atoms with Crippen molar-refractivity contribution >= 4 is 41.7 Å². The molecular formula is C30H47N3O6S. The number of carbonyl (C=O) groups is 4. The number of nitrogens with zero attached hydrogens (tertiary/aromatic N) is 1. The Labute approximate surface area is 243 Å². The number of rotatable bonds is 15. The first kappa shape index (κ1) is 35.0. The van der Waals surface area contributed by atoms with Crippen molar-refractivity contribution in [3.8, 4) is 0 Å². The van der Waals surface area contributed by atoms with Crippen LogP contribution in [0.15, 0.2) is 30.8 Å². The molecule has 3 amide bonds. The molecule has 0 spiro atoms. The van der Waals surface area contributed by atoms with Gasteiger partial charge in [-0.2, -0.15) is 11.8 Å². The monoisotopic (exact) mass is 577 g/mol. The second kappa shape index (κ2) is 16.3. The van der Waals surface area contributed by atoms with Gasteiger partial charge >= 0.3 is 12.1 Å². The number of thioether (sulfide) groups is 1. The molecule has 224 valence electrons. The summed E-state index contributed by atoms with van der Waals surface area (Å²) >= 11 is 1.55. The molecule has 2 unspecified atom stereocenters. The Hall–Kier alpha value is -3.01. The molecule has 1 aromatic rings. The van der Waals surface area contributed by atoms with Crippen molar-refractivity contribution in [2.24, 2.45) is 0 Å². The van der Waals surface area contributed by atoms with Gasteiger partial charge in [-0.05, 0) is 83.6 Å². The third-order valence-corrected chi connectivity index (χ3v) is 6.90. The van der Waals surface area contributed by atoms with Gasteiger partial charge in [-0.3, -0.25) is 14.4 Å². The van der Waals surface area contributed by atoms with E-state index in [4.69, 9.17) is 9.47 Å². The Balaban J connectivity index is 3.59. The van der Waals surface area contributed by atoms with E-state index >= 15 is 0 Å². The first-order valence-corrected chi connectivity index (χ1v) is 15.1. The zero-order valence-corrected chi connectivity index (χ0v) is 26.1. The fraction of sp³-hybridized carbons (Fsp3) is 0.600. The van der Waals surface area contributed by atoms with Crippen molar-refractivity contribution in [1.29, 1.82) is 0 Å². The lowest BCUT2D eigenvalue weighted by atomic mass is 9.91. The van der Waals surface area contributed by atoms with Crippen LogP contribution in [-0.4, -0.2) is 71.1 Å². The van der Waals surface area contributed by atoms with Crippen molar-refractivity contribution in [3.05, 3.63) is 42.0 Å². The van der Waals surface area contributed by atoms with E-state index in [-0.39, 0.29) is 19.6 Å². The van der Waals surface area contributed by atoms with E-state index in [0.29, 0.717) is 24.2 Å². The van der Waals surface area contributed by atoms with Crippen LogP contribution in [0.5, 0.6) is 0 Å². The van der Waals surface area contributed by atoms with E-state index in [1.807, 2.05) is 39.2 Å². The van der Waals surface area contributed by atoms with E-state index in [2.05, 4.69) is 17.2 Å². The molecule has 0 aliphatic carbocycles. The van der Waals surface area contributed by atoms with Gasteiger partial charge in [-0.15, -0.1) is 0 Å². The minimum atomic E-state index is -1.04. The normalized spacial score (nSPS) is 13.0. The second-order valence-electron chi connectivity index (χ2n) is 11.0. The number of alkyl carbamates (subject to hydrolysis) is 1. The van der Waals surface area contributed by atoms with Crippen LogP contribution in [-0.2, 0) is 23.9 Å². The zero-order valence-electron chi connectivity index (χ0n) is 25.3. The largest absolute Gasteiger partial charge is 0.466 e. The molecular weight excluding hydrogens is 530 g/mol. The molecule has 0 fully saturated rings. The molecule has 10 heteroatoms. The third-order valence-electron chi connectivity index (χ3n) is 6.26. The number of carbonyl (C=O) groups excluding carboxylic acids is 4. The van der Waals surface area contributed by atoms with E-state index in [9.17, 15) is 19.2 Å². The Kier molecular flexibility index (Phi) is 14.3. The van der Waals surface area contributed by atoms with Gasteiger partial charge in [0.25, 0.3) is 0 Å². The number of amides is 3. The molecule has 2 N–H and O–H groups in total. The Morgan fingerprint density at radius 2 is 1.80 bits per heavy atom. The molecule has 0 radical (unpaired) electrons. The Morgan fingerprint density at radius 1 is 1.12 bits per heavy atom. The average Bonchev–Trinajstić information content (AvgIpc) is 2.88. The van der Waals surface area contributed by atoms with Gasteiger partial charge in [0, 0.05) is 12.1 Å². The summed E-state index contributed by atoms with van der Waals surface area (Å²) in [7, 11) is 0. The third kappa shape index (κ3) is 11.2. The summed E-state index contributed by atoms with van der Waals surface area (Å²) < 4.78 is 10.4. The molecule has 0 saturated carbocycles. The van der Waals surface area contributed by atoms with Gasteiger partial charge in [-0.25, -0.2) is 4.79 Å². The molecule has 0 aromatic heterocycles. The molecule has 0 saturated heterocycles. The van der Waals surface area contributed by atoms with Crippen LogP contribution in [0.1, 0.15) is 84.9 Å². The number of esters is 1. The standard InChI is InChI=1S/C30H47N3O6S/c1-10-21-14-13-15-22(20-21)25(26(35)31-18-16-24(34)38-12-3)33(30(7,8)11-2)27(36)23(17-19-40-9)32-28(37)39-29(4,5)6/h10,13-15,20,23,25H,1,11-12,16-19H2,2-9H3,(H,31,35)(H,32,37). The summed E-state index contributed by atoms with van der Waals surface area (Å²) in [5.41, 5.74) is -0.153. The van der Waals surface area contributed by atoms with Crippen molar-refractivity contribution in [1.82, 2.24) is 15.5 Å². The molecule has 0 aliphatic heterocycles. The van der Waals surface area contributed by atoms with Crippen LogP contribution in [0.3, 0.4) is 0 Å². The predicted octanol–water partition coefficient (Wildman–Crippen LogP) is 5.10. The molecule has 0 heterocycles. The summed E-state index contributed by atoms with van der Waals surface area (Å²) in [5.74, 6) is -0.661. The topological polar surface area (TPSA) is 114 Å². The molecule has 1 aromatic carbocycles. The number of hydrogen-bond donors (Lipinski definition) is 2. The highest BCUT2D eigenvalue weighted by atomic mass is 32.2. The Bertz CT molecular complexity index is 1020. The van der Waals surface area contributed by atoms with E-state index in [0.717, 1.165) is 5.56 Å². The molecule has 1 rings (SSSR count). The van der Waals surface area contributed by atoms with E-state index in [1.54, 1.807) is 62.6 Å². The van der Waals surface area contributed by atoms with Crippen molar-refractivity contribution in [3.63, 3.8) is 0 Å². The van der Waals surface area contributed by atoms with Gasteiger partial charge < -0.3 is 25.0 Å². The summed E-state index contributed by atoms with van der Waals surface area (Å²) in [4.78, 5) is 54.4. The maximum absolute atomic E-state index is 14.4. The van der Waals surface area contributed by atoms with Crippen LogP contribution < -0.4 is 10.6 Å². The predicted molar refractivity (Wildman–Crippen MR) is 161 cm³/mol. The van der Waals surface area contributed by atoms with Crippen LogP contribution >= 0.6 is 11.8 Å². The lowest BCUT2D eigenvalue weighted by Gasteiger charge is -2.44. The first-order valence-electron chi connectivity index (χ1n) is 13.7. The number of benzene rings is 1. The second-order valence-corrected chi connectivity index (χ2v) is 12.0. The summed E-state index contributed by atoms with van der Waals surface area (Å²) in [5, 5.41) is 5.57. The molecule has 0 aliphatic rings. The highest BCUT2D eigenvalue weighted by molar-refractivity contribution is 7.98. The minimum Gasteiger partial charge on any atom is -0.466 e. The van der Waals surface area contributed by atoms with E-state index < -0.39 is 47.1 Å². The quantitative estimate of drug-likeness (QED) is 0.279. The van der Waals surface area contributed by atoms with Crippen LogP contribution in [0, 0.1) is 0 Å². The average molecular weight is 578 g/mol. The highest BCUT2D eigenvalue weighted by Crippen LogP contribution is 2.33. The van der Waals surface area contributed by atoms with Gasteiger partial charge in [0.2, 0.25) is 11.8 Å². The maximum Gasteiger partial charge on any atom is 0.408 e. The van der Waals surface area contributed by atoms with Gasteiger partial charge in [-0.1, -0.05) is 37.8 Å². The summed E-state index contributed by atoms with van der Waals surface area (Å²) in [6.07, 6.45) is 3.77. The minimum absolute atomic E-state index is 0.000657. The zero-order chi connectivity index (χ0) is 30.5. The smallest absolute Gasteiger partial charge is 0.408 e. The van der Waals surface area contributed by atoms with E-state index in [1.165, 1.54) is 0 Å². The van der Waals surface area contributed by atoms with Crippen LogP contribution in [0.25, 0.3) is 6.08 Å². The van der Waals surface area contributed by atoms with Crippen molar-refractivity contribution < 1.29 is 28.7 Å². The molecule has 9 nitrogen and oxygen atoms in total. The van der Waals surface area contributed by atoms with Gasteiger partial charge in [0.05, 0.1) is 13.0 Å². The van der Waals surface area contributed by atoms with Crippen molar-refractivity contribution in [2.75, 3.05) is 25.2 Å². The SMILES string of the molecule is C=Cc1cccc(C(C(=O)NCCC(=O)OCC)N(C(=O)C(CCSC)NC(=O)OC(C)(C)C)C(C)(C)CC)c1. The van der Waals surface area contributed by atoms with Gasteiger partial charge in [0.1, 0.15) is 17.7 Å². The van der Waals surface area contributed by atoms with Crippen LogP contribution in [0.4, 0.5) is 4.79 Å². The lowest BCUT2D eigenvalue weighted by Crippen LogP contribution is -2.59. The van der Waals surface area contributed by atoms with Gasteiger partial charge in [0.15, 0.2) is 0 Å². The summed E-state index contributed by atoms with van der Waals surface area (Å²) in [6, 6.07) is 5.29.